The van der Waals surface area contributed by atoms with Crippen molar-refractivity contribution in [3.05, 3.63) is 24.0 Å². The van der Waals surface area contributed by atoms with E-state index in [1.54, 1.807) is 0 Å². The van der Waals surface area contributed by atoms with Crippen molar-refractivity contribution in [2.75, 3.05) is 32.5 Å². The third kappa shape index (κ3) is 3.98. The van der Waals surface area contributed by atoms with Crippen LogP contribution < -0.4 is 5.32 Å². The van der Waals surface area contributed by atoms with Crippen molar-refractivity contribution in [3.8, 4) is 0 Å². The maximum Gasteiger partial charge on any atom is 0.322 e. The van der Waals surface area contributed by atoms with Crippen LogP contribution in [0.4, 0.5) is 14.9 Å². The quantitative estimate of drug-likeness (QED) is 0.857. The molecular weight excluding hydrogens is 325 g/mol. The van der Waals surface area contributed by atoms with Crippen LogP contribution in [-0.2, 0) is 10.0 Å². The maximum absolute atomic E-state index is 13.9. The SMILES string of the molecule is CN(C)S(=O)(=O)c1ccc(F)c(NC(=O)N2CCCC(O)C2)c1. The van der Waals surface area contributed by atoms with E-state index >= 15 is 0 Å². The number of rotatable bonds is 3. The molecule has 0 radical (unpaired) electrons. The average molecular weight is 345 g/mol. The van der Waals surface area contributed by atoms with Crippen LogP contribution >= 0.6 is 0 Å². The van der Waals surface area contributed by atoms with E-state index in [0.29, 0.717) is 19.4 Å². The van der Waals surface area contributed by atoms with E-state index in [1.165, 1.54) is 19.0 Å². The zero-order valence-electron chi connectivity index (χ0n) is 13.0. The third-order valence-corrected chi connectivity index (χ3v) is 5.45. The van der Waals surface area contributed by atoms with E-state index in [4.69, 9.17) is 0 Å². The number of likely N-dealkylation sites (tertiary alicyclic amines) is 1. The number of amides is 2. The molecule has 7 nitrogen and oxygen atoms in total. The van der Waals surface area contributed by atoms with Crippen LogP contribution in [0.2, 0.25) is 0 Å². The standard InChI is InChI=1S/C14H20FN3O4S/c1-17(2)23(21,22)11-5-6-12(15)13(8-11)16-14(20)18-7-3-4-10(19)9-18/h5-6,8,10,19H,3-4,7,9H2,1-2H3,(H,16,20). The Morgan fingerprint density at radius 2 is 2.13 bits per heavy atom. The number of benzene rings is 1. The van der Waals surface area contributed by atoms with E-state index in [-0.39, 0.29) is 17.1 Å². The minimum atomic E-state index is -3.72. The number of piperidine rings is 1. The van der Waals surface area contributed by atoms with Gasteiger partial charge in [-0.3, -0.25) is 0 Å². The summed E-state index contributed by atoms with van der Waals surface area (Å²) in [5.41, 5.74) is -0.210. The van der Waals surface area contributed by atoms with Crippen LogP contribution in [0.1, 0.15) is 12.8 Å². The molecule has 23 heavy (non-hydrogen) atoms. The lowest BCUT2D eigenvalue weighted by Gasteiger charge is -2.30. The first-order valence-corrected chi connectivity index (χ1v) is 8.62. The summed E-state index contributed by atoms with van der Waals surface area (Å²) in [6.45, 7) is 0.628. The summed E-state index contributed by atoms with van der Waals surface area (Å²) >= 11 is 0. The van der Waals surface area contributed by atoms with Gasteiger partial charge >= 0.3 is 6.03 Å². The Morgan fingerprint density at radius 1 is 1.43 bits per heavy atom. The number of urea groups is 1. The molecule has 1 aliphatic rings. The number of carbonyl (C=O) groups excluding carboxylic acids is 1. The zero-order chi connectivity index (χ0) is 17.2. The number of hydrogen-bond acceptors (Lipinski definition) is 4. The predicted molar refractivity (Wildman–Crippen MR) is 83.1 cm³/mol. The largest absolute Gasteiger partial charge is 0.391 e. The highest BCUT2D eigenvalue weighted by atomic mass is 32.2. The second kappa shape index (κ2) is 6.81. The number of nitrogens with zero attached hydrogens (tertiary/aromatic N) is 2. The van der Waals surface area contributed by atoms with Crippen LogP contribution in [-0.4, -0.2) is 62.0 Å². The summed E-state index contributed by atoms with van der Waals surface area (Å²) in [4.78, 5) is 13.4. The van der Waals surface area contributed by atoms with Gasteiger partial charge in [0.25, 0.3) is 0 Å². The molecule has 1 aromatic carbocycles. The first-order chi connectivity index (χ1) is 10.7. The lowest BCUT2D eigenvalue weighted by molar-refractivity contribution is 0.0883. The van der Waals surface area contributed by atoms with Crippen LogP contribution in [0.25, 0.3) is 0 Å². The number of hydrogen-bond donors (Lipinski definition) is 2. The first-order valence-electron chi connectivity index (χ1n) is 7.18. The van der Waals surface area contributed by atoms with E-state index in [1.807, 2.05) is 0 Å². The Labute approximate surface area is 134 Å². The van der Waals surface area contributed by atoms with Crippen molar-refractivity contribution in [1.29, 1.82) is 0 Å². The van der Waals surface area contributed by atoms with Crippen LogP contribution in [0, 0.1) is 5.82 Å². The second-order valence-electron chi connectivity index (χ2n) is 5.60. The van der Waals surface area contributed by atoms with Gasteiger partial charge in [-0.05, 0) is 31.0 Å². The topological polar surface area (TPSA) is 90.0 Å². The van der Waals surface area contributed by atoms with E-state index < -0.39 is 28.0 Å². The van der Waals surface area contributed by atoms with Gasteiger partial charge in [0, 0.05) is 27.2 Å². The van der Waals surface area contributed by atoms with Gasteiger partial charge in [0.2, 0.25) is 10.0 Å². The fourth-order valence-electron chi connectivity index (χ4n) is 2.30. The molecule has 0 aromatic heterocycles. The number of halogens is 1. The van der Waals surface area contributed by atoms with Gasteiger partial charge in [0.05, 0.1) is 16.7 Å². The molecule has 0 aliphatic carbocycles. The molecule has 2 N–H and O–H groups in total. The van der Waals surface area contributed by atoms with Gasteiger partial charge in [-0.2, -0.15) is 0 Å². The van der Waals surface area contributed by atoms with Crippen molar-refractivity contribution < 1.29 is 22.7 Å². The highest BCUT2D eigenvalue weighted by molar-refractivity contribution is 7.89. The summed E-state index contributed by atoms with van der Waals surface area (Å²) in [6.07, 6.45) is 0.681. The van der Waals surface area contributed by atoms with Crippen molar-refractivity contribution in [2.45, 2.75) is 23.8 Å². The van der Waals surface area contributed by atoms with Gasteiger partial charge in [0.1, 0.15) is 5.82 Å². The summed E-state index contributed by atoms with van der Waals surface area (Å²) in [5, 5.41) is 12.0. The molecule has 128 valence electrons. The van der Waals surface area contributed by atoms with Gasteiger partial charge in [0.15, 0.2) is 0 Å². The zero-order valence-corrected chi connectivity index (χ0v) is 13.8. The molecule has 0 spiro atoms. The number of sulfonamides is 1. The fraction of sp³-hybridized carbons (Fsp3) is 0.500. The Hall–Kier alpha value is -1.71. The number of aliphatic hydroxyl groups is 1. The van der Waals surface area contributed by atoms with Crippen molar-refractivity contribution >= 4 is 21.7 Å². The number of nitrogens with one attached hydrogen (secondary N) is 1. The van der Waals surface area contributed by atoms with Gasteiger partial charge < -0.3 is 15.3 Å². The molecule has 1 unspecified atom stereocenters. The molecule has 1 fully saturated rings. The molecule has 0 bridgehead atoms. The minimum Gasteiger partial charge on any atom is -0.391 e. The van der Waals surface area contributed by atoms with Gasteiger partial charge in [-0.15, -0.1) is 0 Å². The highest BCUT2D eigenvalue weighted by Gasteiger charge is 2.24. The van der Waals surface area contributed by atoms with Crippen LogP contribution in [0.3, 0.4) is 0 Å². The molecule has 1 heterocycles. The Bertz CT molecular complexity index is 693. The number of aliphatic hydroxyl groups excluding tert-OH is 1. The molecule has 2 amide bonds. The number of carbonyl (C=O) groups is 1. The Kier molecular flexibility index (Phi) is 5.23. The predicted octanol–water partition coefficient (Wildman–Crippen LogP) is 1.06. The van der Waals surface area contributed by atoms with Crippen molar-refractivity contribution in [3.63, 3.8) is 0 Å². The lowest BCUT2D eigenvalue weighted by atomic mass is 10.1. The highest BCUT2D eigenvalue weighted by Crippen LogP contribution is 2.22. The van der Waals surface area contributed by atoms with E-state index in [9.17, 15) is 22.7 Å². The summed E-state index contributed by atoms with van der Waals surface area (Å²) < 4.78 is 39.0. The smallest absolute Gasteiger partial charge is 0.322 e. The monoisotopic (exact) mass is 345 g/mol. The maximum atomic E-state index is 13.9. The summed E-state index contributed by atoms with van der Waals surface area (Å²) in [6, 6.07) is 2.66. The molecule has 1 aromatic rings. The molecule has 9 heteroatoms. The third-order valence-electron chi connectivity index (χ3n) is 3.64. The first kappa shape index (κ1) is 17.6. The van der Waals surface area contributed by atoms with Crippen LogP contribution in [0.15, 0.2) is 23.1 Å². The van der Waals surface area contributed by atoms with E-state index in [0.717, 1.165) is 22.5 Å². The number of anilines is 1. The average Bonchev–Trinajstić information content (AvgIpc) is 2.49. The second-order valence-corrected chi connectivity index (χ2v) is 7.75. The molecule has 2 rings (SSSR count). The molecule has 1 atom stereocenters. The Morgan fingerprint density at radius 3 is 2.74 bits per heavy atom. The number of β-amino-alcohol motifs (C(OH)–C–C–N with tert-alkyl or cyclic N) is 1. The summed E-state index contributed by atoms with van der Waals surface area (Å²) in [7, 11) is -0.990. The molecule has 1 saturated heterocycles. The molecular formula is C14H20FN3O4S. The minimum absolute atomic E-state index is 0.113. The van der Waals surface area contributed by atoms with Crippen molar-refractivity contribution in [1.82, 2.24) is 9.21 Å². The van der Waals surface area contributed by atoms with E-state index in [2.05, 4.69) is 5.32 Å². The fourth-order valence-corrected chi connectivity index (χ4v) is 3.23. The van der Waals surface area contributed by atoms with Crippen LogP contribution in [0.5, 0.6) is 0 Å². The Balaban J connectivity index is 2.21. The molecule has 1 aliphatic heterocycles. The molecule has 0 saturated carbocycles. The lowest BCUT2D eigenvalue weighted by Crippen LogP contribution is -2.44. The van der Waals surface area contributed by atoms with Gasteiger partial charge in [-0.25, -0.2) is 21.9 Å². The van der Waals surface area contributed by atoms with Gasteiger partial charge in [-0.1, -0.05) is 0 Å². The van der Waals surface area contributed by atoms with Crippen molar-refractivity contribution in [2.24, 2.45) is 0 Å². The normalized spacial score (nSPS) is 19.0. The summed E-state index contributed by atoms with van der Waals surface area (Å²) in [5.74, 6) is -0.728.